The lowest BCUT2D eigenvalue weighted by atomic mass is 9.98. The molecule has 0 spiro atoms. The number of alkyl halides is 1. The van der Waals surface area contributed by atoms with Crippen molar-refractivity contribution in [3.8, 4) is 0 Å². The van der Waals surface area contributed by atoms with Gasteiger partial charge in [0.1, 0.15) is 6.10 Å². The molecule has 2 aliphatic heterocycles. The van der Waals surface area contributed by atoms with Gasteiger partial charge in [-0.3, -0.25) is 4.79 Å². The Morgan fingerprint density at radius 2 is 1.86 bits per heavy atom. The van der Waals surface area contributed by atoms with E-state index in [1.165, 1.54) is 24.9 Å². The predicted molar refractivity (Wildman–Crippen MR) is 87.2 cm³/mol. The molecule has 0 saturated carbocycles. The van der Waals surface area contributed by atoms with Crippen LogP contribution in [0.3, 0.4) is 0 Å². The van der Waals surface area contributed by atoms with Crippen molar-refractivity contribution in [2.24, 2.45) is 0 Å². The van der Waals surface area contributed by atoms with Crippen molar-refractivity contribution in [1.29, 1.82) is 0 Å². The minimum Gasteiger partial charge on any atom is -0.462 e. The van der Waals surface area contributed by atoms with E-state index >= 15 is 0 Å². The number of nitrogens with one attached hydrogen (secondary N) is 1. The molecular formula is C18H25ClNO2+. The molecule has 3 rings (SSSR count). The van der Waals surface area contributed by atoms with Crippen LogP contribution in [0.2, 0.25) is 0 Å². The van der Waals surface area contributed by atoms with Gasteiger partial charge in [-0.25, -0.2) is 0 Å². The molecule has 2 bridgehead atoms. The van der Waals surface area contributed by atoms with Crippen LogP contribution >= 0.6 is 11.6 Å². The first kappa shape index (κ1) is 15.8. The highest BCUT2D eigenvalue weighted by Crippen LogP contribution is 2.25. The van der Waals surface area contributed by atoms with Crippen LogP contribution in [0.15, 0.2) is 30.3 Å². The van der Waals surface area contributed by atoms with E-state index in [0.717, 1.165) is 19.3 Å². The monoisotopic (exact) mass is 322 g/mol. The van der Waals surface area contributed by atoms with Crippen molar-refractivity contribution in [3.05, 3.63) is 35.9 Å². The summed E-state index contributed by atoms with van der Waals surface area (Å²) in [6.45, 7) is 1.20. The van der Waals surface area contributed by atoms with Crippen molar-refractivity contribution < 1.29 is 14.4 Å². The molecule has 0 amide bonds. The van der Waals surface area contributed by atoms with E-state index in [2.05, 4.69) is 30.3 Å². The number of piperidine rings is 1. The van der Waals surface area contributed by atoms with E-state index in [1.54, 1.807) is 4.90 Å². The molecule has 1 N–H and O–H groups in total. The van der Waals surface area contributed by atoms with Crippen LogP contribution in [0.5, 0.6) is 0 Å². The molecular weight excluding hydrogens is 298 g/mol. The summed E-state index contributed by atoms with van der Waals surface area (Å²) in [7, 11) is 0. The van der Waals surface area contributed by atoms with Gasteiger partial charge in [-0.2, -0.15) is 0 Å². The van der Waals surface area contributed by atoms with Gasteiger partial charge in [-0.05, 0) is 5.56 Å². The molecule has 2 aliphatic rings. The van der Waals surface area contributed by atoms with Crippen molar-refractivity contribution in [2.45, 2.75) is 56.7 Å². The topological polar surface area (TPSA) is 30.7 Å². The van der Waals surface area contributed by atoms with Gasteiger partial charge >= 0.3 is 5.97 Å². The third-order valence-electron chi connectivity index (χ3n) is 5.15. The van der Waals surface area contributed by atoms with Gasteiger partial charge in [-0.15, -0.1) is 11.6 Å². The van der Waals surface area contributed by atoms with E-state index in [0.29, 0.717) is 24.4 Å². The fraction of sp³-hybridized carbons (Fsp3) is 0.611. The molecule has 0 radical (unpaired) electrons. The van der Waals surface area contributed by atoms with Crippen LogP contribution in [-0.4, -0.2) is 36.6 Å². The molecule has 4 atom stereocenters. The number of esters is 1. The SMILES string of the molecule is O=C(CCCl)OC1C[C@H]2CC[C@@H](C1)[NH+]2CCc1ccccc1. The number of ether oxygens (including phenoxy) is 1. The van der Waals surface area contributed by atoms with Gasteiger partial charge in [-0.1, -0.05) is 30.3 Å². The highest BCUT2D eigenvalue weighted by atomic mass is 35.5. The summed E-state index contributed by atoms with van der Waals surface area (Å²) in [6.07, 6.45) is 6.19. The number of halogens is 1. The molecule has 1 aromatic rings. The molecule has 3 nitrogen and oxygen atoms in total. The van der Waals surface area contributed by atoms with Gasteiger partial charge in [0.15, 0.2) is 0 Å². The second-order valence-electron chi connectivity index (χ2n) is 6.55. The molecule has 2 heterocycles. The first-order valence-corrected chi connectivity index (χ1v) is 8.94. The Hall–Kier alpha value is -1.06. The van der Waals surface area contributed by atoms with Crippen molar-refractivity contribution in [2.75, 3.05) is 12.4 Å². The number of fused-ring (bicyclic) bond motifs is 2. The van der Waals surface area contributed by atoms with Crippen LogP contribution in [0.25, 0.3) is 0 Å². The Morgan fingerprint density at radius 3 is 2.50 bits per heavy atom. The molecule has 1 aromatic carbocycles. The lowest BCUT2D eigenvalue weighted by molar-refractivity contribution is -0.942. The average Bonchev–Trinajstić information content (AvgIpc) is 2.76. The largest absolute Gasteiger partial charge is 0.462 e. The van der Waals surface area contributed by atoms with Crippen LogP contribution < -0.4 is 4.90 Å². The summed E-state index contributed by atoms with van der Waals surface area (Å²) in [4.78, 5) is 13.4. The maximum absolute atomic E-state index is 11.6. The summed E-state index contributed by atoms with van der Waals surface area (Å²) in [5.41, 5.74) is 1.42. The standard InChI is InChI=1S/C18H24ClNO2/c19-10-8-18(21)22-17-12-15-6-7-16(13-17)20(15)11-9-14-4-2-1-3-5-14/h1-5,15-17H,6-13H2/p+1/t15-,16+,17?. The van der Waals surface area contributed by atoms with E-state index in [4.69, 9.17) is 16.3 Å². The van der Waals surface area contributed by atoms with Gasteiger partial charge in [0.05, 0.1) is 25.0 Å². The van der Waals surface area contributed by atoms with Crippen LogP contribution in [0.4, 0.5) is 0 Å². The van der Waals surface area contributed by atoms with Gasteiger partial charge in [0, 0.05) is 38.0 Å². The van der Waals surface area contributed by atoms with Crippen molar-refractivity contribution in [3.63, 3.8) is 0 Å². The molecule has 22 heavy (non-hydrogen) atoms. The fourth-order valence-electron chi connectivity index (χ4n) is 4.14. The third-order valence-corrected chi connectivity index (χ3v) is 5.34. The Morgan fingerprint density at radius 1 is 1.18 bits per heavy atom. The van der Waals surface area contributed by atoms with Crippen molar-refractivity contribution in [1.82, 2.24) is 0 Å². The summed E-state index contributed by atoms with van der Waals surface area (Å²) >= 11 is 5.60. The first-order chi connectivity index (χ1) is 10.8. The number of hydrogen-bond donors (Lipinski definition) is 1. The lowest BCUT2D eigenvalue weighted by Crippen LogP contribution is -3.18. The fourth-order valence-corrected chi connectivity index (χ4v) is 4.29. The maximum atomic E-state index is 11.6. The molecule has 0 aliphatic carbocycles. The number of hydrogen-bond acceptors (Lipinski definition) is 2. The summed E-state index contributed by atoms with van der Waals surface area (Å²) in [6, 6.07) is 12.0. The van der Waals surface area contributed by atoms with E-state index in [-0.39, 0.29) is 12.1 Å². The number of quaternary nitrogens is 1. The molecule has 2 fully saturated rings. The number of carbonyl (C=O) groups excluding carboxylic acids is 1. The van der Waals surface area contributed by atoms with Gasteiger partial charge in [0.2, 0.25) is 0 Å². The maximum Gasteiger partial charge on any atom is 0.307 e. The Balaban J connectivity index is 1.51. The second kappa shape index (κ2) is 7.47. The van der Waals surface area contributed by atoms with E-state index < -0.39 is 0 Å². The first-order valence-electron chi connectivity index (χ1n) is 8.41. The number of carbonyl (C=O) groups is 1. The minimum atomic E-state index is -0.132. The second-order valence-corrected chi connectivity index (χ2v) is 6.93. The summed E-state index contributed by atoms with van der Waals surface area (Å²) in [5.74, 6) is 0.222. The number of benzene rings is 1. The molecule has 2 unspecified atom stereocenters. The van der Waals surface area contributed by atoms with Gasteiger partial charge in [0.25, 0.3) is 0 Å². The highest BCUT2D eigenvalue weighted by molar-refractivity contribution is 6.18. The molecule has 120 valence electrons. The van der Waals surface area contributed by atoms with E-state index in [9.17, 15) is 4.79 Å². The van der Waals surface area contributed by atoms with Gasteiger partial charge < -0.3 is 9.64 Å². The summed E-state index contributed by atoms with van der Waals surface area (Å²) in [5, 5.41) is 0. The zero-order chi connectivity index (χ0) is 15.4. The quantitative estimate of drug-likeness (QED) is 0.641. The zero-order valence-corrected chi connectivity index (χ0v) is 13.7. The van der Waals surface area contributed by atoms with E-state index in [1.807, 2.05) is 0 Å². The zero-order valence-electron chi connectivity index (χ0n) is 13.0. The summed E-state index contributed by atoms with van der Waals surface area (Å²) < 4.78 is 5.59. The molecule has 2 saturated heterocycles. The highest BCUT2D eigenvalue weighted by Gasteiger charge is 2.45. The Labute approximate surface area is 137 Å². The molecule has 0 aromatic heterocycles. The smallest absolute Gasteiger partial charge is 0.307 e. The van der Waals surface area contributed by atoms with Crippen LogP contribution in [0.1, 0.15) is 37.7 Å². The Bertz CT molecular complexity index is 479. The van der Waals surface area contributed by atoms with Crippen LogP contribution in [0, 0.1) is 0 Å². The average molecular weight is 323 g/mol. The normalized spacial score (nSPS) is 30.2. The number of rotatable bonds is 6. The lowest BCUT2D eigenvalue weighted by Gasteiger charge is -2.35. The predicted octanol–water partition coefficient (Wildman–Crippen LogP) is 1.98. The minimum absolute atomic E-state index is 0.119. The van der Waals surface area contributed by atoms with Crippen LogP contribution in [-0.2, 0) is 16.0 Å². The Kier molecular flexibility index (Phi) is 5.37. The van der Waals surface area contributed by atoms with Crippen molar-refractivity contribution >= 4 is 17.6 Å². The third kappa shape index (κ3) is 3.82. The molecule has 4 heteroatoms.